The van der Waals surface area contributed by atoms with Crippen molar-refractivity contribution in [3.8, 4) is 11.8 Å². The van der Waals surface area contributed by atoms with Gasteiger partial charge in [-0.2, -0.15) is 5.26 Å². The molecular weight excluding hydrogens is 287 g/mol. The quantitative estimate of drug-likeness (QED) is 0.877. The zero-order chi connectivity index (χ0) is 15.9. The second kappa shape index (κ2) is 5.11. The Labute approximate surface area is 125 Å². The smallest absolute Gasteiger partial charge is 0.343 e. The first-order chi connectivity index (χ1) is 10.5. The minimum atomic E-state index is -0.969. The molecule has 1 aliphatic heterocycles. The van der Waals surface area contributed by atoms with Crippen molar-refractivity contribution in [3.63, 3.8) is 0 Å². The van der Waals surface area contributed by atoms with Crippen LogP contribution < -0.4 is 10.4 Å². The fourth-order valence-electron chi connectivity index (χ4n) is 2.62. The Morgan fingerprint density at radius 3 is 2.64 bits per heavy atom. The molecule has 6 heteroatoms. The van der Waals surface area contributed by atoms with E-state index in [1.807, 2.05) is 6.07 Å². The van der Waals surface area contributed by atoms with Gasteiger partial charge in [-0.3, -0.25) is 5.41 Å². The maximum atomic E-state index is 13.1. The number of aryl methyl sites for hydroxylation is 1. The molecule has 1 N–H and O–H groups in total. The van der Waals surface area contributed by atoms with Crippen LogP contribution in [-0.2, 0) is 0 Å². The van der Waals surface area contributed by atoms with Crippen LogP contribution in [0.2, 0.25) is 0 Å². The van der Waals surface area contributed by atoms with E-state index in [0.29, 0.717) is 11.3 Å². The van der Waals surface area contributed by atoms with Gasteiger partial charge in [-0.25, -0.2) is 9.18 Å². The normalized spacial score (nSPS) is 20.0. The van der Waals surface area contributed by atoms with Gasteiger partial charge in [0.15, 0.2) is 0 Å². The van der Waals surface area contributed by atoms with Crippen LogP contribution in [0.3, 0.4) is 0 Å². The van der Waals surface area contributed by atoms with Crippen molar-refractivity contribution in [2.24, 2.45) is 5.92 Å². The van der Waals surface area contributed by atoms with Crippen LogP contribution in [0.15, 0.2) is 39.5 Å². The minimum absolute atomic E-state index is 0.180. The van der Waals surface area contributed by atoms with Gasteiger partial charge >= 0.3 is 5.63 Å². The largest absolute Gasteiger partial charge is 0.441 e. The van der Waals surface area contributed by atoms with Crippen molar-refractivity contribution < 1.29 is 13.5 Å². The van der Waals surface area contributed by atoms with E-state index < -0.39 is 23.3 Å². The summed E-state index contributed by atoms with van der Waals surface area (Å²) in [6.45, 7) is 1.60. The molecule has 0 radical (unpaired) electrons. The van der Waals surface area contributed by atoms with Gasteiger partial charge in [0, 0.05) is 12.0 Å². The van der Waals surface area contributed by atoms with Gasteiger partial charge in [-0.15, -0.1) is 0 Å². The number of fused-ring (bicyclic) bond motifs is 1. The predicted octanol–water partition coefficient (Wildman–Crippen LogP) is 2.73. The highest BCUT2D eigenvalue weighted by atomic mass is 19.1. The van der Waals surface area contributed by atoms with Crippen LogP contribution >= 0.6 is 0 Å². The van der Waals surface area contributed by atoms with Crippen molar-refractivity contribution in [2.75, 3.05) is 0 Å². The van der Waals surface area contributed by atoms with Gasteiger partial charge < -0.3 is 9.15 Å². The van der Waals surface area contributed by atoms with Crippen LogP contribution in [0.5, 0.6) is 5.75 Å². The molecule has 2 unspecified atom stereocenters. The number of hydrogen-bond acceptors (Lipinski definition) is 5. The molecule has 0 fully saturated rings. The number of benzene rings is 1. The molecule has 0 bridgehead atoms. The monoisotopic (exact) mass is 298 g/mol. The molecule has 1 aromatic heterocycles. The Bertz CT molecular complexity index is 849. The van der Waals surface area contributed by atoms with E-state index in [2.05, 4.69) is 0 Å². The first-order valence-electron chi connectivity index (χ1n) is 6.57. The summed E-state index contributed by atoms with van der Waals surface area (Å²) < 4.78 is 23.5. The summed E-state index contributed by atoms with van der Waals surface area (Å²) in [7, 11) is 0. The average Bonchev–Trinajstić information content (AvgIpc) is 2.46. The number of nitriles is 1. The number of ether oxygens (including phenoxy) is 1. The molecule has 1 aromatic carbocycles. The van der Waals surface area contributed by atoms with E-state index in [1.165, 1.54) is 30.3 Å². The van der Waals surface area contributed by atoms with Gasteiger partial charge in [0.25, 0.3) is 0 Å². The first kappa shape index (κ1) is 14.0. The number of halogens is 1. The highest BCUT2D eigenvalue weighted by Gasteiger charge is 2.39. The van der Waals surface area contributed by atoms with Crippen LogP contribution in [-0.4, -0.2) is 5.90 Å². The molecule has 0 amide bonds. The topological polar surface area (TPSA) is 87.1 Å². The summed E-state index contributed by atoms with van der Waals surface area (Å²) in [4.78, 5) is 12.2. The fourth-order valence-corrected chi connectivity index (χ4v) is 2.62. The Morgan fingerprint density at radius 2 is 2.00 bits per heavy atom. The van der Waals surface area contributed by atoms with E-state index in [9.17, 15) is 14.4 Å². The molecule has 110 valence electrons. The van der Waals surface area contributed by atoms with Crippen LogP contribution in [0.25, 0.3) is 0 Å². The number of nitrogens with zero attached hydrogens (tertiary/aromatic N) is 1. The lowest BCUT2D eigenvalue weighted by molar-refractivity contribution is 0.403. The number of hydrogen-bond donors (Lipinski definition) is 1. The van der Waals surface area contributed by atoms with E-state index in [4.69, 9.17) is 14.6 Å². The summed E-state index contributed by atoms with van der Waals surface area (Å²) >= 11 is 0. The summed E-state index contributed by atoms with van der Waals surface area (Å²) in [5.74, 6) is -1.79. The van der Waals surface area contributed by atoms with E-state index in [-0.39, 0.29) is 17.2 Å². The third kappa shape index (κ3) is 2.17. The fraction of sp³-hybridized carbons (Fsp3) is 0.188. The molecule has 2 heterocycles. The lowest BCUT2D eigenvalue weighted by Crippen LogP contribution is -2.34. The summed E-state index contributed by atoms with van der Waals surface area (Å²) in [6.07, 6.45) is 0. The molecular formula is C16H11FN2O3. The van der Waals surface area contributed by atoms with Gasteiger partial charge in [-0.05, 0) is 24.6 Å². The SMILES string of the molecule is Cc1cc2c(c(=O)o1)C(c1ccc(F)cc1)C(C#N)C(=N)O2. The Morgan fingerprint density at radius 1 is 1.32 bits per heavy atom. The van der Waals surface area contributed by atoms with Crippen LogP contribution in [0.1, 0.15) is 22.8 Å². The van der Waals surface area contributed by atoms with E-state index in [0.717, 1.165) is 0 Å². The molecule has 22 heavy (non-hydrogen) atoms. The third-order valence-electron chi connectivity index (χ3n) is 3.59. The van der Waals surface area contributed by atoms with Gasteiger partial charge in [0.1, 0.15) is 23.2 Å². The Balaban J connectivity index is 2.26. The van der Waals surface area contributed by atoms with Crippen molar-refractivity contribution in [2.45, 2.75) is 12.8 Å². The standard InChI is InChI=1S/C16H11FN2O3/c1-8-6-12-14(16(20)21-8)13(11(7-18)15(19)22-12)9-2-4-10(17)5-3-9/h2-6,11,13,19H,1H3. The zero-order valence-corrected chi connectivity index (χ0v) is 11.6. The second-order valence-electron chi connectivity index (χ2n) is 5.02. The van der Waals surface area contributed by atoms with Crippen LogP contribution in [0.4, 0.5) is 4.39 Å². The molecule has 5 nitrogen and oxygen atoms in total. The van der Waals surface area contributed by atoms with Crippen molar-refractivity contribution in [1.29, 1.82) is 10.7 Å². The lowest BCUT2D eigenvalue weighted by Gasteiger charge is -2.29. The highest BCUT2D eigenvalue weighted by Crippen LogP contribution is 2.40. The van der Waals surface area contributed by atoms with Crippen molar-refractivity contribution >= 4 is 5.90 Å². The Kier molecular flexibility index (Phi) is 3.26. The maximum absolute atomic E-state index is 13.1. The third-order valence-corrected chi connectivity index (χ3v) is 3.59. The van der Waals surface area contributed by atoms with E-state index >= 15 is 0 Å². The van der Waals surface area contributed by atoms with Crippen molar-refractivity contribution in [1.82, 2.24) is 0 Å². The predicted molar refractivity (Wildman–Crippen MR) is 75.4 cm³/mol. The molecule has 0 saturated carbocycles. The molecule has 0 saturated heterocycles. The van der Waals surface area contributed by atoms with Gasteiger partial charge in [-0.1, -0.05) is 12.1 Å². The summed E-state index contributed by atoms with van der Waals surface area (Å²) in [6, 6.07) is 8.97. The van der Waals surface area contributed by atoms with Crippen molar-refractivity contribution in [3.05, 3.63) is 63.5 Å². The highest BCUT2D eigenvalue weighted by molar-refractivity contribution is 5.84. The number of nitrogens with one attached hydrogen (secondary N) is 1. The van der Waals surface area contributed by atoms with Crippen LogP contribution in [0, 0.1) is 35.4 Å². The molecule has 2 atom stereocenters. The zero-order valence-electron chi connectivity index (χ0n) is 11.6. The maximum Gasteiger partial charge on any atom is 0.343 e. The molecule has 0 aliphatic carbocycles. The first-order valence-corrected chi connectivity index (χ1v) is 6.57. The average molecular weight is 298 g/mol. The molecule has 1 aliphatic rings. The van der Waals surface area contributed by atoms with Gasteiger partial charge in [0.2, 0.25) is 5.90 Å². The molecule has 2 aromatic rings. The summed E-state index contributed by atoms with van der Waals surface area (Å²) in [5.41, 5.74) is 0.121. The Hall–Kier alpha value is -2.94. The van der Waals surface area contributed by atoms with E-state index in [1.54, 1.807) is 6.92 Å². The van der Waals surface area contributed by atoms with Gasteiger partial charge in [0.05, 0.1) is 11.6 Å². The lowest BCUT2D eigenvalue weighted by atomic mass is 9.80. The molecule has 0 spiro atoms. The summed E-state index contributed by atoms with van der Waals surface area (Å²) in [5, 5.41) is 17.2. The minimum Gasteiger partial charge on any atom is -0.441 e. The molecule has 3 rings (SSSR count). The second-order valence-corrected chi connectivity index (χ2v) is 5.02. The number of rotatable bonds is 1.